The molecule has 2 aromatic rings. The van der Waals surface area contributed by atoms with Crippen LogP contribution in [-0.2, 0) is 6.54 Å². The van der Waals surface area contributed by atoms with Crippen molar-refractivity contribution in [3.05, 3.63) is 88.1 Å². The zero-order valence-electron chi connectivity index (χ0n) is 14.7. The van der Waals surface area contributed by atoms with Crippen LogP contribution in [-0.4, -0.2) is 25.1 Å². The van der Waals surface area contributed by atoms with Crippen molar-refractivity contribution in [1.82, 2.24) is 10.6 Å². The second kappa shape index (κ2) is 8.07. The quantitative estimate of drug-likeness (QED) is 0.802. The molecule has 2 aliphatic rings. The number of halogens is 2. The van der Waals surface area contributed by atoms with E-state index < -0.39 is 0 Å². The van der Waals surface area contributed by atoms with Gasteiger partial charge in [0.25, 0.3) is 0 Å². The normalized spacial score (nSPS) is 18.7. The van der Waals surface area contributed by atoms with E-state index in [9.17, 15) is 0 Å². The minimum absolute atomic E-state index is 0.0309. The molecule has 2 N–H and O–H groups in total. The van der Waals surface area contributed by atoms with Crippen molar-refractivity contribution < 1.29 is 0 Å². The van der Waals surface area contributed by atoms with Gasteiger partial charge in [-0.2, -0.15) is 0 Å². The van der Waals surface area contributed by atoms with E-state index in [-0.39, 0.29) is 6.04 Å². The standard InChI is InChI=1S/C21H20Cl2N4/c22-18-9-8-17(11-19(18)23)27-14-26-21(20(27)16-7-4-10-24-13-16)25-12-15-5-2-1-3-6-15/h1-11,20,24H,12-14H2,(H,25,26). The molecule has 1 unspecified atom stereocenters. The van der Waals surface area contributed by atoms with Crippen LogP contribution in [0.15, 0.2) is 77.4 Å². The first-order valence-corrected chi connectivity index (χ1v) is 9.61. The molecule has 0 aromatic heterocycles. The number of amidine groups is 1. The van der Waals surface area contributed by atoms with Gasteiger partial charge in [-0.3, -0.25) is 0 Å². The van der Waals surface area contributed by atoms with Crippen LogP contribution in [0.2, 0.25) is 10.0 Å². The molecule has 138 valence electrons. The number of rotatable bonds is 4. The molecule has 1 atom stereocenters. The van der Waals surface area contributed by atoms with E-state index in [1.807, 2.05) is 48.7 Å². The maximum absolute atomic E-state index is 6.25. The summed E-state index contributed by atoms with van der Waals surface area (Å²) < 4.78 is 0. The smallest absolute Gasteiger partial charge is 0.126 e. The molecule has 2 aromatic carbocycles. The van der Waals surface area contributed by atoms with Gasteiger partial charge in [0, 0.05) is 18.8 Å². The van der Waals surface area contributed by atoms with Crippen molar-refractivity contribution in [2.75, 3.05) is 18.1 Å². The fourth-order valence-corrected chi connectivity index (χ4v) is 3.63. The van der Waals surface area contributed by atoms with E-state index in [1.54, 1.807) is 0 Å². The van der Waals surface area contributed by atoms with Gasteiger partial charge in [0.1, 0.15) is 18.5 Å². The second-order valence-electron chi connectivity index (χ2n) is 6.48. The number of nitrogens with one attached hydrogen (secondary N) is 2. The number of benzene rings is 2. The minimum atomic E-state index is 0.0309. The Hall–Kier alpha value is -2.43. The van der Waals surface area contributed by atoms with E-state index in [0.717, 1.165) is 24.6 Å². The van der Waals surface area contributed by atoms with Crippen LogP contribution in [0.25, 0.3) is 0 Å². The first kappa shape index (κ1) is 18.0. The van der Waals surface area contributed by atoms with Gasteiger partial charge in [-0.1, -0.05) is 59.6 Å². The molecule has 4 nitrogen and oxygen atoms in total. The summed E-state index contributed by atoms with van der Waals surface area (Å²) >= 11 is 12.4. The topological polar surface area (TPSA) is 39.7 Å². The summed E-state index contributed by atoms with van der Waals surface area (Å²) in [7, 11) is 0. The summed E-state index contributed by atoms with van der Waals surface area (Å²) in [6.45, 7) is 2.09. The zero-order chi connectivity index (χ0) is 18.6. The lowest BCUT2D eigenvalue weighted by Gasteiger charge is -2.30. The zero-order valence-corrected chi connectivity index (χ0v) is 16.2. The van der Waals surface area contributed by atoms with Crippen molar-refractivity contribution >= 4 is 34.7 Å². The van der Waals surface area contributed by atoms with Gasteiger partial charge in [-0.25, -0.2) is 4.99 Å². The Bertz CT molecular complexity index is 906. The van der Waals surface area contributed by atoms with Gasteiger partial charge in [-0.15, -0.1) is 0 Å². The molecule has 0 saturated carbocycles. The molecule has 27 heavy (non-hydrogen) atoms. The minimum Gasteiger partial charge on any atom is -0.387 e. The molecule has 2 heterocycles. The van der Waals surface area contributed by atoms with Crippen molar-refractivity contribution in [3.63, 3.8) is 0 Å². The third-order valence-electron chi connectivity index (χ3n) is 4.70. The largest absolute Gasteiger partial charge is 0.387 e. The Morgan fingerprint density at radius 3 is 2.70 bits per heavy atom. The number of dihydropyridines is 1. The second-order valence-corrected chi connectivity index (χ2v) is 7.29. The highest BCUT2D eigenvalue weighted by Crippen LogP contribution is 2.31. The van der Waals surface area contributed by atoms with Gasteiger partial charge in [-0.05, 0) is 41.6 Å². The van der Waals surface area contributed by atoms with Gasteiger partial charge in [0.15, 0.2) is 0 Å². The molecule has 6 heteroatoms. The first-order valence-electron chi connectivity index (χ1n) is 8.85. The molecule has 0 radical (unpaired) electrons. The van der Waals surface area contributed by atoms with Crippen molar-refractivity contribution in [3.8, 4) is 0 Å². The number of anilines is 1. The Morgan fingerprint density at radius 1 is 1.11 bits per heavy atom. The van der Waals surface area contributed by atoms with Gasteiger partial charge < -0.3 is 15.5 Å². The van der Waals surface area contributed by atoms with Crippen LogP contribution in [0.5, 0.6) is 0 Å². The number of hydrogen-bond acceptors (Lipinski definition) is 4. The Balaban J connectivity index is 1.60. The maximum atomic E-state index is 6.25. The molecule has 0 bridgehead atoms. The van der Waals surface area contributed by atoms with Crippen LogP contribution < -0.4 is 15.5 Å². The van der Waals surface area contributed by atoms with Crippen molar-refractivity contribution in [2.45, 2.75) is 12.6 Å². The summed E-state index contributed by atoms with van der Waals surface area (Å²) in [6.07, 6.45) is 6.13. The SMILES string of the molecule is Clc1ccc(N2CN=C(NCc3ccccc3)C2C2=CC=CNC2)cc1Cl. The molecule has 0 saturated heterocycles. The third kappa shape index (κ3) is 3.97. The molecule has 0 amide bonds. The summed E-state index contributed by atoms with van der Waals surface area (Å²) in [5.41, 5.74) is 3.48. The molecule has 2 aliphatic heterocycles. The monoisotopic (exact) mass is 398 g/mol. The maximum Gasteiger partial charge on any atom is 0.126 e. The van der Waals surface area contributed by atoms with Gasteiger partial charge in [0.05, 0.1) is 10.0 Å². The fourth-order valence-electron chi connectivity index (χ4n) is 3.34. The lowest BCUT2D eigenvalue weighted by Crippen LogP contribution is -2.45. The first-order chi connectivity index (χ1) is 13.2. The van der Waals surface area contributed by atoms with Gasteiger partial charge in [0.2, 0.25) is 0 Å². The Morgan fingerprint density at radius 2 is 1.96 bits per heavy atom. The van der Waals surface area contributed by atoms with Gasteiger partial charge >= 0.3 is 0 Å². The fraction of sp³-hybridized carbons (Fsp3) is 0.190. The van der Waals surface area contributed by atoms with E-state index in [4.69, 9.17) is 28.2 Å². The summed E-state index contributed by atoms with van der Waals surface area (Å²) in [5, 5.41) is 7.93. The number of nitrogens with zero attached hydrogens (tertiary/aromatic N) is 2. The summed E-state index contributed by atoms with van der Waals surface area (Å²) in [6, 6.07) is 16.1. The predicted molar refractivity (Wildman–Crippen MR) is 114 cm³/mol. The van der Waals surface area contributed by atoms with Crippen molar-refractivity contribution in [2.24, 2.45) is 4.99 Å². The number of aliphatic imine (C=N–C) groups is 1. The molecular weight excluding hydrogens is 379 g/mol. The van der Waals surface area contributed by atoms with Crippen molar-refractivity contribution in [1.29, 1.82) is 0 Å². The molecule has 4 rings (SSSR count). The highest BCUT2D eigenvalue weighted by atomic mass is 35.5. The summed E-state index contributed by atoms with van der Waals surface area (Å²) in [5.74, 6) is 0.966. The summed E-state index contributed by atoms with van der Waals surface area (Å²) in [4.78, 5) is 7.02. The molecule has 0 fully saturated rings. The van der Waals surface area contributed by atoms with Crippen LogP contribution in [0.4, 0.5) is 5.69 Å². The predicted octanol–water partition coefficient (Wildman–Crippen LogP) is 4.37. The van der Waals surface area contributed by atoms with E-state index in [1.165, 1.54) is 11.1 Å². The average Bonchev–Trinajstić information content (AvgIpc) is 3.14. The van der Waals surface area contributed by atoms with E-state index in [2.05, 4.69) is 33.7 Å². The number of hydrogen-bond donors (Lipinski definition) is 2. The Kier molecular flexibility index (Phi) is 5.37. The van der Waals surface area contributed by atoms with Crippen LogP contribution in [0.3, 0.4) is 0 Å². The lowest BCUT2D eigenvalue weighted by molar-refractivity contribution is 0.772. The van der Waals surface area contributed by atoms with E-state index in [0.29, 0.717) is 16.7 Å². The highest BCUT2D eigenvalue weighted by molar-refractivity contribution is 6.42. The molecular formula is C21H20Cl2N4. The van der Waals surface area contributed by atoms with Crippen LogP contribution in [0.1, 0.15) is 5.56 Å². The lowest BCUT2D eigenvalue weighted by atomic mass is 10.0. The molecule has 0 aliphatic carbocycles. The Labute approximate surface area is 169 Å². The number of allylic oxidation sites excluding steroid dienone is 2. The van der Waals surface area contributed by atoms with Crippen LogP contribution in [0, 0.1) is 0 Å². The average molecular weight is 399 g/mol. The van der Waals surface area contributed by atoms with Crippen LogP contribution >= 0.6 is 23.2 Å². The highest BCUT2D eigenvalue weighted by Gasteiger charge is 2.32. The third-order valence-corrected chi connectivity index (χ3v) is 5.44. The molecule has 0 spiro atoms. The van der Waals surface area contributed by atoms with E-state index >= 15 is 0 Å².